The minimum Gasteiger partial charge on any atom is -0.310 e. The van der Waals surface area contributed by atoms with Gasteiger partial charge in [0.1, 0.15) is 0 Å². The van der Waals surface area contributed by atoms with E-state index in [1.165, 1.54) is 24.0 Å². The molecule has 1 aliphatic carbocycles. The Kier molecular flexibility index (Phi) is 2.36. The molecule has 1 nitrogen and oxygen atoms in total. The molecule has 1 heterocycles. The van der Waals surface area contributed by atoms with Crippen LogP contribution in [-0.2, 0) is 6.42 Å². The van der Waals surface area contributed by atoms with Gasteiger partial charge in [0.15, 0.2) is 0 Å². The molecule has 16 heavy (non-hydrogen) atoms. The van der Waals surface area contributed by atoms with Crippen LogP contribution in [0.4, 0.5) is 0 Å². The van der Waals surface area contributed by atoms with Crippen LogP contribution in [0, 0.1) is 5.92 Å². The van der Waals surface area contributed by atoms with E-state index in [9.17, 15) is 0 Å². The highest BCUT2D eigenvalue weighted by molar-refractivity contribution is 5.78. The van der Waals surface area contributed by atoms with Gasteiger partial charge in [0.25, 0.3) is 0 Å². The van der Waals surface area contributed by atoms with Gasteiger partial charge in [-0.1, -0.05) is 38.1 Å². The summed E-state index contributed by atoms with van der Waals surface area (Å²) >= 11 is 0. The fourth-order valence-corrected chi connectivity index (χ4v) is 3.16. The second-order valence-corrected chi connectivity index (χ2v) is 5.26. The number of hydrogen-bond donors (Lipinski definition) is 1. The van der Waals surface area contributed by atoms with E-state index in [0.29, 0.717) is 12.0 Å². The quantitative estimate of drug-likeness (QED) is 0.756. The molecule has 0 aromatic heterocycles. The highest BCUT2D eigenvalue weighted by Crippen LogP contribution is 2.39. The first-order chi connectivity index (χ1) is 7.77. The summed E-state index contributed by atoms with van der Waals surface area (Å²) in [6.07, 6.45) is 2.37. The second kappa shape index (κ2) is 3.74. The summed E-state index contributed by atoms with van der Waals surface area (Å²) in [5.74, 6) is 0.694. The summed E-state index contributed by atoms with van der Waals surface area (Å²) in [6.45, 7) is 5.77. The van der Waals surface area contributed by atoms with Crippen molar-refractivity contribution in [1.29, 1.82) is 0 Å². The summed E-state index contributed by atoms with van der Waals surface area (Å²) in [6, 6.07) is 9.50. The Bertz CT molecular complexity index is 443. The second-order valence-electron chi connectivity index (χ2n) is 5.26. The molecule has 0 spiro atoms. The zero-order chi connectivity index (χ0) is 11.1. The van der Waals surface area contributed by atoms with Gasteiger partial charge in [-0.3, -0.25) is 0 Å². The number of hydrogen-bond acceptors (Lipinski definition) is 1. The van der Waals surface area contributed by atoms with Gasteiger partial charge in [0.2, 0.25) is 0 Å². The van der Waals surface area contributed by atoms with Crippen molar-refractivity contribution < 1.29 is 0 Å². The molecule has 3 rings (SSSR count). The van der Waals surface area contributed by atoms with E-state index < -0.39 is 0 Å². The van der Waals surface area contributed by atoms with Gasteiger partial charge in [-0.15, -0.1) is 0 Å². The van der Waals surface area contributed by atoms with Crippen LogP contribution in [0.25, 0.3) is 5.57 Å². The minimum atomic E-state index is 0.594. The minimum absolute atomic E-state index is 0.594. The molecule has 0 saturated heterocycles. The molecule has 84 valence electrons. The summed E-state index contributed by atoms with van der Waals surface area (Å²) in [4.78, 5) is 0. The Morgan fingerprint density at radius 2 is 2.06 bits per heavy atom. The average molecular weight is 213 g/mol. The monoisotopic (exact) mass is 213 g/mol. The van der Waals surface area contributed by atoms with E-state index >= 15 is 0 Å². The third-order valence-corrected chi connectivity index (χ3v) is 3.89. The summed E-state index contributed by atoms with van der Waals surface area (Å²) in [7, 11) is 0. The molecule has 1 heteroatoms. The molecule has 0 fully saturated rings. The van der Waals surface area contributed by atoms with Crippen molar-refractivity contribution in [2.45, 2.75) is 32.7 Å². The molecular formula is C15H19N. The van der Waals surface area contributed by atoms with Gasteiger partial charge < -0.3 is 5.32 Å². The topological polar surface area (TPSA) is 12.0 Å². The van der Waals surface area contributed by atoms with Crippen molar-refractivity contribution in [1.82, 2.24) is 5.32 Å². The maximum Gasteiger partial charge on any atom is 0.0312 e. The lowest BCUT2D eigenvalue weighted by atomic mass is 9.88. The van der Waals surface area contributed by atoms with Crippen molar-refractivity contribution >= 4 is 5.57 Å². The van der Waals surface area contributed by atoms with Crippen molar-refractivity contribution in [3.05, 3.63) is 41.0 Å². The van der Waals surface area contributed by atoms with Crippen LogP contribution in [0.15, 0.2) is 29.8 Å². The Hall–Kier alpha value is -1.08. The molecule has 1 unspecified atom stereocenters. The van der Waals surface area contributed by atoms with E-state index in [1.54, 1.807) is 11.1 Å². The predicted octanol–water partition coefficient (Wildman–Crippen LogP) is 3.01. The first-order valence-electron chi connectivity index (χ1n) is 6.31. The Labute approximate surface area is 97.6 Å². The van der Waals surface area contributed by atoms with Crippen molar-refractivity contribution in [3.8, 4) is 0 Å². The van der Waals surface area contributed by atoms with Gasteiger partial charge in [-0.25, -0.2) is 0 Å². The van der Waals surface area contributed by atoms with Crippen molar-refractivity contribution in [2.75, 3.05) is 6.54 Å². The van der Waals surface area contributed by atoms with E-state index in [1.807, 2.05) is 0 Å². The molecular weight excluding hydrogens is 194 g/mol. The Morgan fingerprint density at radius 1 is 1.25 bits per heavy atom. The van der Waals surface area contributed by atoms with Crippen LogP contribution >= 0.6 is 0 Å². The summed E-state index contributed by atoms with van der Waals surface area (Å²) in [5, 5.41) is 3.67. The number of rotatable bonds is 1. The lowest BCUT2D eigenvalue weighted by molar-refractivity contribution is 0.435. The lowest BCUT2D eigenvalue weighted by Crippen LogP contribution is -2.39. The SMILES string of the molecule is CC(C)C1NCCC2=C1Cc1ccccc12. The van der Waals surface area contributed by atoms with Crippen LogP contribution in [0.3, 0.4) is 0 Å². The first-order valence-corrected chi connectivity index (χ1v) is 6.31. The molecule has 0 saturated carbocycles. The number of nitrogens with one attached hydrogen (secondary N) is 1. The van der Waals surface area contributed by atoms with Crippen molar-refractivity contribution in [2.24, 2.45) is 5.92 Å². The Balaban J connectivity index is 2.05. The maximum atomic E-state index is 3.67. The van der Waals surface area contributed by atoms with E-state index in [0.717, 1.165) is 6.54 Å². The molecule has 1 atom stereocenters. The molecule has 1 aromatic rings. The summed E-state index contributed by atoms with van der Waals surface area (Å²) < 4.78 is 0. The zero-order valence-corrected chi connectivity index (χ0v) is 10.1. The predicted molar refractivity (Wildman–Crippen MR) is 68.3 cm³/mol. The normalized spacial score (nSPS) is 23.6. The zero-order valence-electron chi connectivity index (χ0n) is 10.1. The van der Waals surface area contributed by atoms with E-state index in [2.05, 4.69) is 43.4 Å². The average Bonchev–Trinajstić information content (AvgIpc) is 2.67. The molecule has 1 aromatic carbocycles. The standard InChI is InChI=1S/C15H19N/c1-10(2)15-14-9-11-5-3-4-6-12(11)13(14)7-8-16-15/h3-6,10,15-16H,7-9H2,1-2H3. The van der Waals surface area contributed by atoms with Gasteiger partial charge in [-0.05, 0) is 47.6 Å². The van der Waals surface area contributed by atoms with E-state index in [-0.39, 0.29) is 0 Å². The molecule has 0 amide bonds. The largest absolute Gasteiger partial charge is 0.310 e. The number of fused-ring (bicyclic) bond motifs is 2. The summed E-state index contributed by atoms with van der Waals surface area (Å²) in [5.41, 5.74) is 6.34. The molecule has 1 N–H and O–H groups in total. The van der Waals surface area contributed by atoms with Gasteiger partial charge in [0, 0.05) is 6.04 Å². The van der Waals surface area contributed by atoms with Crippen LogP contribution in [0.5, 0.6) is 0 Å². The van der Waals surface area contributed by atoms with Crippen LogP contribution in [-0.4, -0.2) is 12.6 Å². The van der Waals surface area contributed by atoms with Gasteiger partial charge in [0.05, 0.1) is 0 Å². The molecule has 0 bridgehead atoms. The first kappa shape index (κ1) is 10.1. The van der Waals surface area contributed by atoms with Gasteiger partial charge >= 0.3 is 0 Å². The smallest absolute Gasteiger partial charge is 0.0312 e. The third kappa shape index (κ3) is 1.42. The molecule has 2 aliphatic rings. The lowest BCUT2D eigenvalue weighted by Gasteiger charge is -2.29. The van der Waals surface area contributed by atoms with Crippen LogP contribution in [0.1, 0.15) is 31.4 Å². The maximum absolute atomic E-state index is 3.67. The van der Waals surface area contributed by atoms with E-state index in [4.69, 9.17) is 0 Å². The third-order valence-electron chi connectivity index (χ3n) is 3.89. The Morgan fingerprint density at radius 3 is 2.88 bits per heavy atom. The fourth-order valence-electron chi connectivity index (χ4n) is 3.16. The highest BCUT2D eigenvalue weighted by Gasteiger charge is 2.30. The highest BCUT2D eigenvalue weighted by atomic mass is 14.9. The van der Waals surface area contributed by atoms with Gasteiger partial charge in [-0.2, -0.15) is 0 Å². The molecule has 1 aliphatic heterocycles. The fraction of sp³-hybridized carbons (Fsp3) is 0.467. The molecule has 0 radical (unpaired) electrons. The van der Waals surface area contributed by atoms with Crippen LogP contribution in [0.2, 0.25) is 0 Å². The van der Waals surface area contributed by atoms with Crippen LogP contribution < -0.4 is 5.32 Å². The number of benzene rings is 1. The van der Waals surface area contributed by atoms with Crippen molar-refractivity contribution in [3.63, 3.8) is 0 Å².